The van der Waals surface area contributed by atoms with Crippen LogP contribution >= 0.6 is 11.6 Å². The summed E-state index contributed by atoms with van der Waals surface area (Å²) in [7, 11) is 0. The smallest absolute Gasteiger partial charge is 0.238 e. The Kier molecular flexibility index (Phi) is 7.73. The number of hydrogen-bond acceptors (Lipinski definition) is 9. The van der Waals surface area contributed by atoms with E-state index in [1.807, 2.05) is 30.5 Å². The number of halogens is 1. The van der Waals surface area contributed by atoms with Crippen molar-refractivity contribution in [3.8, 4) is 17.4 Å². The summed E-state index contributed by atoms with van der Waals surface area (Å²) in [5.41, 5.74) is 2.08. The first kappa shape index (κ1) is 26.0. The highest BCUT2D eigenvalue weighted by Gasteiger charge is 2.30. The molecule has 1 fully saturated rings. The van der Waals surface area contributed by atoms with E-state index in [-0.39, 0.29) is 18.4 Å². The van der Waals surface area contributed by atoms with Gasteiger partial charge in [0.25, 0.3) is 0 Å². The van der Waals surface area contributed by atoms with Crippen LogP contribution in [0.4, 0.5) is 5.82 Å². The van der Waals surface area contributed by atoms with Crippen LogP contribution in [0, 0.1) is 0 Å². The maximum absolute atomic E-state index is 13.2. The topological polar surface area (TPSA) is 111 Å². The number of pyridine rings is 1. The number of nitrogens with zero attached hydrogens (tertiary/aromatic N) is 7. The van der Waals surface area contributed by atoms with E-state index >= 15 is 0 Å². The van der Waals surface area contributed by atoms with Gasteiger partial charge in [-0.25, -0.2) is 9.97 Å². The zero-order valence-electron chi connectivity index (χ0n) is 21.8. The van der Waals surface area contributed by atoms with Crippen LogP contribution in [0.2, 0.25) is 5.15 Å². The molecule has 0 aliphatic carbocycles. The molecule has 5 heterocycles. The highest BCUT2D eigenvalue weighted by Crippen LogP contribution is 2.31. The van der Waals surface area contributed by atoms with Crippen LogP contribution in [-0.2, 0) is 17.9 Å². The average molecular weight is 561 g/mol. The van der Waals surface area contributed by atoms with E-state index in [0.717, 1.165) is 30.0 Å². The summed E-state index contributed by atoms with van der Waals surface area (Å²) >= 11 is 6.42. The Labute approximate surface area is 236 Å². The second kappa shape index (κ2) is 11.9. The molecule has 0 saturated carbocycles. The van der Waals surface area contributed by atoms with E-state index in [0.29, 0.717) is 55.5 Å². The molecule has 40 heavy (non-hydrogen) atoms. The van der Waals surface area contributed by atoms with Crippen molar-refractivity contribution in [2.24, 2.45) is 0 Å². The van der Waals surface area contributed by atoms with Crippen molar-refractivity contribution in [3.63, 3.8) is 0 Å². The third kappa shape index (κ3) is 6.16. The lowest BCUT2D eigenvalue weighted by atomic mass is 10.1. The highest BCUT2D eigenvalue weighted by molar-refractivity contribution is 6.29. The molecule has 1 saturated heterocycles. The number of benzene rings is 1. The second-order valence-corrected chi connectivity index (χ2v) is 10.1. The number of anilines is 1. The van der Waals surface area contributed by atoms with E-state index in [4.69, 9.17) is 26.1 Å². The van der Waals surface area contributed by atoms with Gasteiger partial charge in [0.15, 0.2) is 11.5 Å². The lowest BCUT2D eigenvalue weighted by Crippen LogP contribution is -2.54. The van der Waals surface area contributed by atoms with Gasteiger partial charge < -0.3 is 19.7 Å². The quantitative estimate of drug-likeness (QED) is 0.325. The Bertz CT molecular complexity index is 1450. The standard InChI is InChI=1S/C28H29ClN8O3/c29-25-14-26(34-28(33-25)36-7-6-31-19-36)37-9-8-35(17-21-2-1-5-30-15-21)18-22(37)13-27(38)32-16-20-3-4-23-24(12-20)40-11-10-39-23/h1-7,12,14-15,19,22H,8-11,13,16-18H2,(H,32,38). The molecule has 2 aliphatic rings. The van der Waals surface area contributed by atoms with Gasteiger partial charge in [-0.2, -0.15) is 4.98 Å². The van der Waals surface area contributed by atoms with E-state index in [2.05, 4.69) is 36.1 Å². The Morgan fingerprint density at radius 1 is 1.02 bits per heavy atom. The molecular formula is C28H29ClN8O3. The molecular weight excluding hydrogens is 532 g/mol. The highest BCUT2D eigenvalue weighted by atomic mass is 35.5. The molecule has 6 rings (SSSR count). The Balaban J connectivity index is 1.18. The molecule has 1 N–H and O–H groups in total. The molecule has 206 valence electrons. The zero-order chi connectivity index (χ0) is 27.3. The summed E-state index contributed by atoms with van der Waals surface area (Å²) in [5.74, 6) is 2.49. The van der Waals surface area contributed by atoms with Crippen molar-refractivity contribution in [2.75, 3.05) is 37.7 Å². The van der Waals surface area contributed by atoms with Crippen molar-refractivity contribution in [2.45, 2.75) is 25.6 Å². The second-order valence-electron chi connectivity index (χ2n) is 9.72. The van der Waals surface area contributed by atoms with Gasteiger partial charge in [-0.3, -0.25) is 19.2 Å². The van der Waals surface area contributed by atoms with Crippen molar-refractivity contribution in [3.05, 3.63) is 83.8 Å². The molecule has 4 aromatic rings. The number of aromatic nitrogens is 5. The molecule has 11 nitrogen and oxygen atoms in total. The maximum atomic E-state index is 13.2. The number of carbonyl (C=O) groups excluding carboxylic acids is 1. The molecule has 0 spiro atoms. The van der Waals surface area contributed by atoms with E-state index in [1.54, 1.807) is 35.6 Å². The van der Waals surface area contributed by atoms with Gasteiger partial charge >= 0.3 is 0 Å². The fourth-order valence-electron chi connectivity index (χ4n) is 5.01. The number of ether oxygens (including phenoxy) is 2. The molecule has 1 amide bonds. The fraction of sp³-hybridized carbons (Fsp3) is 0.321. The van der Waals surface area contributed by atoms with Gasteiger partial charge in [0.2, 0.25) is 11.9 Å². The van der Waals surface area contributed by atoms with Gasteiger partial charge in [-0.05, 0) is 29.3 Å². The summed E-state index contributed by atoms with van der Waals surface area (Å²) in [5, 5.41) is 3.40. The van der Waals surface area contributed by atoms with E-state index < -0.39 is 0 Å². The van der Waals surface area contributed by atoms with Gasteiger partial charge in [-0.1, -0.05) is 23.7 Å². The van der Waals surface area contributed by atoms with E-state index in [9.17, 15) is 4.79 Å². The van der Waals surface area contributed by atoms with Crippen LogP contribution in [0.15, 0.2) is 67.5 Å². The molecule has 0 radical (unpaired) electrons. The van der Waals surface area contributed by atoms with Crippen LogP contribution in [0.3, 0.4) is 0 Å². The Morgan fingerprint density at radius 3 is 2.75 bits per heavy atom. The first-order chi connectivity index (χ1) is 19.6. The number of piperazine rings is 1. The van der Waals surface area contributed by atoms with Gasteiger partial charge in [0.1, 0.15) is 30.5 Å². The van der Waals surface area contributed by atoms with Crippen LogP contribution in [0.25, 0.3) is 5.95 Å². The molecule has 3 aromatic heterocycles. The predicted octanol–water partition coefficient (Wildman–Crippen LogP) is 2.88. The maximum Gasteiger partial charge on any atom is 0.238 e. The van der Waals surface area contributed by atoms with Gasteiger partial charge in [0.05, 0.1) is 6.04 Å². The monoisotopic (exact) mass is 560 g/mol. The summed E-state index contributed by atoms with van der Waals surface area (Å²) in [6.45, 7) is 4.36. The Hall–Kier alpha value is -4.22. The summed E-state index contributed by atoms with van der Waals surface area (Å²) in [4.78, 5) is 35.2. The molecule has 1 unspecified atom stereocenters. The first-order valence-corrected chi connectivity index (χ1v) is 13.5. The molecule has 2 aliphatic heterocycles. The number of carbonyl (C=O) groups is 1. The lowest BCUT2D eigenvalue weighted by molar-refractivity contribution is -0.121. The normalized spacial score (nSPS) is 17.0. The molecule has 1 atom stereocenters. The molecule has 0 bridgehead atoms. The number of hydrogen-bond donors (Lipinski definition) is 1. The van der Waals surface area contributed by atoms with Gasteiger partial charge in [0, 0.05) is 70.0 Å². The summed E-state index contributed by atoms with van der Waals surface area (Å²) in [6, 6.07) is 11.4. The lowest BCUT2D eigenvalue weighted by Gasteiger charge is -2.42. The van der Waals surface area contributed by atoms with Crippen LogP contribution in [0.5, 0.6) is 11.5 Å². The summed E-state index contributed by atoms with van der Waals surface area (Å²) in [6.07, 6.45) is 9.00. The van der Waals surface area contributed by atoms with Crippen LogP contribution in [-0.4, -0.2) is 74.2 Å². The number of nitrogens with one attached hydrogen (secondary N) is 1. The first-order valence-electron chi connectivity index (χ1n) is 13.2. The minimum Gasteiger partial charge on any atom is -0.486 e. The predicted molar refractivity (Wildman–Crippen MR) is 149 cm³/mol. The third-order valence-corrected chi connectivity index (χ3v) is 7.11. The number of rotatable bonds is 8. The largest absolute Gasteiger partial charge is 0.486 e. The third-order valence-electron chi connectivity index (χ3n) is 6.91. The number of imidazole rings is 1. The molecule has 1 aromatic carbocycles. The van der Waals surface area contributed by atoms with Crippen LogP contribution in [0.1, 0.15) is 17.5 Å². The number of fused-ring (bicyclic) bond motifs is 1. The van der Waals surface area contributed by atoms with Crippen molar-refractivity contribution in [1.29, 1.82) is 0 Å². The number of amides is 1. The fourth-order valence-corrected chi connectivity index (χ4v) is 5.18. The zero-order valence-corrected chi connectivity index (χ0v) is 22.6. The van der Waals surface area contributed by atoms with Crippen molar-refractivity contribution >= 4 is 23.3 Å². The Morgan fingerprint density at radius 2 is 1.93 bits per heavy atom. The minimum atomic E-state index is -0.132. The van der Waals surface area contributed by atoms with Crippen molar-refractivity contribution in [1.82, 2.24) is 34.7 Å². The average Bonchev–Trinajstić information content (AvgIpc) is 3.52. The minimum absolute atomic E-state index is 0.0527. The molecule has 12 heteroatoms. The van der Waals surface area contributed by atoms with Crippen molar-refractivity contribution < 1.29 is 14.3 Å². The van der Waals surface area contributed by atoms with Gasteiger partial charge in [-0.15, -0.1) is 0 Å². The summed E-state index contributed by atoms with van der Waals surface area (Å²) < 4.78 is 13.0. The SMILES string of the molecule is O=C(CC1CN(Cc2cccnc2)CCN1c1cc(Cl)nc(-n2ccnc2)n1)NCc1ccc2c(c1)OCCO2. The van der Waals surface area contributed by atoms with Crippen LogP contribution < -0.4 is 19.7 Å². The van der Waals surface area contributed by atoms with E-state index in [1.165, 1.54) is 0 Å².